The second kappa shape index (κ2) is 5.04. The Morgan fingerprint density at radius 3 is 2.62 bits per heavy atom. The smallest absolute Gasteiger partial charge is 0.304 e. The van der Waals surface area contributed by atoms with Crippen LogP contribution in [0.4, 0.5) is 0 Å². The molecular formula is C11H13Cl2NO2. The zero-order valence-corrected chi connectivity index (χ0v) is 10.3. The quantitative estimate of drug-likeness (QED) is 0.876. The SMILES string of the molecule is CC(CN)(CC(=O)O)c1cccc(Cl)c1Cl. The Labute approximate surface area is 104 Å². The van der Waals surface area contributed by atoms with Crippen molar-refractivity contribution in [3.05, 3.63) is 33.8 Å². The molecule has 0 amide bonds. The van der Waals surface area contributed by atoms with E-state index >= 15 is 0 Å². The first-order valence-electron chi connectivity index (χ1n) is 4.77. The van der Waals surface area contributed by atoms with E-state index in [1.807, 2.05) is 0 Å². The summed E-state index contributed by atoms with van der Waals surface area (Å²) in [6.45, 7) is 1.96. The van der Waals surface area contributed by atoms with Gasteiger partial charge in [0.15, 0.2) is 0 Å². The van der Waals surface area contributed by atoms with Gasteiger partial charge in [-0.3, -0.25) is 4.79 Å². The highest BCUT2D eigenvalue weighted by molar-refractivity contribution is 6.42. The molecule has 0 aliphatic carbocycles. The Kier molecular flexibility index (Phi) is 4.19. The zero-order valence-electron chi connectivity index (χ0n) is 8.84. The van der Waals surface area contributed by atoms with Crippen molar-refractivity contribution in [3.8, 4) is 0 Å². The van der Waals surface area contributed by atoms with Crippen molar-refractivity contribution in [2.24, 2.45) is 5.73 Å². The average Bonchev–Trinajstić information content (AvgIpc) is 2.21. The van der Waals surface area contributed by atoms with Crippen LogP contribution in [0.2, 0.25) is 10.0 Å². The molecule has 0 bridgehead atoms. The summed E-state index contributed by atoms with van der Waals surface area (Å²) < 4.78 is 0. The molecule has 1 rings (SSSR count). The van der Waals surface area contributed by atoms with Crippen molar-refractivity contribution in [1.82, 2.24) is 0 Å². The third kappa shape index (κ3) is 2.67. The molecule has 0 aromatic heterocycles. The zero-order chi connectivity index (χ0) is 12.3. The summed E-state index contributed by atoms with van der Waals surface area (Å²) in [5.41, 5.74) is 5.61. The molecule has 0 radical (unpaired) electrons. The van der Waals surface area contributed by atoms with Gasteiger partial charge in [-0.05, 0) is 11.6 Å². The number of benzene rings is 1. The second-order valence-corrected chi connectivity index (χ2v) is 4.72. The summed E-state index contributed by atoms with van der Waals surface area (Å²) in [5, 5.41) is 9.65. The first-order chi connectivity index (χ1) is 7.40. The number of carboxylic acids is 1. The van der Waals surface area contributed by atoms with Gasteiger partial charge in [-0.2, -0.15) is 0 Å². The van der Waals surface area contributed by atoms with Crippen LogP contribution in [0.5, 0.6) is 0 Å². The highest BCUT2D eigenvalue weighted by Gasteiger charge is 2.30. The standard InChI is InChI=1S/C11H13Cl2NO2/c1-11(6-14,5-9(15)16)7-3-2-4-8(12)10(7)13/h2-4H,5-6,14H2,1H3,(H,15,16). The van der Waals surface area contributed by atoms with Crippen LogP contribution >= 0.6 is 23.2 Å². The fourth-order valence-corrected chi connectivity index (χ4v) is 2.11. The van der Waals surface area contributed by atoms with Gasteiger partial charge in [0.2, 0.25) is 0 Å². The molecule has 1 unspecified atom stereocenters. The molecule has 1 aromatic carbocycles. The Hall–Kier alpha value is -0.770. The monoisotopic (exact) mass is 261 g/mol. The van der Waals surface area contributed by atoms with Crippen molar-refractivity contribution in [3.63, 3.8) is 0 Å². The van der Waals surface area contributed by atoms with E-state index in [-0.39, 0.29) is 13.0 Å². The summed E-state index contributed by atoms with van der Waals surface area (Å²) in [6.07, 6.45) is -0.0798. The predicted octanol–water partition coefficient (Wildman–Crippen LogP) is 2.68. The number of carbonyl (C=O) groups is 1. The Bertz CT molecular complexity index is 409. The van der Waals surface area contributed by atoms with E-state index in [0.717, 1.165) is 0 Å². The summed E-state index contributed by atoms with van der Waals surface area (Å²) in [4.78, 5) is 10.8. The maximum absolute atomic E-state index is 10.8. The minimum Gasteiger partial charge on any atom is -0.481 e. The van der Waals surface area contributed by atoms with Crippen LogP contribution in [0.3, 0.4) is 0 Å². The highest BCUT2D eigenvalue weighted by Crippen LogP contribution is 2.36. The van der Waals surface area contributed by atoms with E-state index in [1.54, 1.807) is 25.1 Å². The fourth-order valence-electron chi connectivity index (χ4n) is 1.58. The molecule has 1 atom stereocenters. The molecular weight excluding hydrogens is 249 g/mol. The van der Waals surface area contributed by atoms with Crippen LogP contribution < -0.4 is 5.73 Å². The first kappa shape index (κ1) is 13.3. The van der Waals surface area contributed by atoms with Crippen molar-refractivity contribution in [2.75, 3.05) is 6.54 Å². The van der Waals surface area contributed by atoms with E-state index in [2.05, 4.69) is 0 Å². The normalized spacial score (nSPS) is 14.5. The molecule has 3 N–H and O–H groups in total. The highest BCUT2D eigenvalue weighted by atomic mass is 35.5. The average molecular weight is 262 g/mol. The van der Waals surface area contributed by atoms with Crippen LogP contribution in [-0.4, -0.2) is 17.6 Å². The summed E-state index contributed by atoms with van der Waals surface area (Å²) in [5.74, 6) is -0.913. The Morgan fingerprint density at radius 2 is 2.12 bits per heavy atom. The third-order valence-electron chi connectivity index (χ3n) is 2.59. The number of rotatable bonds is 4. The lowest BCUT2D eigenvalue weighted by Crippen LogP contribution is -2.34. The van der Waals surface area contributed by atoms with Gasteiger partial charge in [0, 0.05) is 12.0 Å². The third-order valence-corrected chi connectivity index (χ3v) is 3.41. The summed E-state index contributed by atoms with van der Waals surface area (Å²) in [6, 6.07) is 5.15. The van der Waals surface area contributed by atoms with E-state index in [1.165, 1.54) is 0 Å². The predicted molar refractivity (Wildman–Crippen MR) is 65.1 cm³/mol. The molecule has 88 valence electrons. The maximum Gasteiger partial charge on any atom is 0.304 e. The summed E-state index contributed by atoms with van der Waals surface area (Å²) >= 11 is 12.0. The molecule has 0 heterocycles. The molecule has 3 nitrogen and oxygen atoms in total. The van der Waals surface area contributed by atoms with Crippen molar-refractivity contribution < 1.29 is 9.90 Å². The molecule has 0 spiro atoms. The molecule has 1 aromatic rings. The van der Waals surface area contributed by atoms with Gasteiger partial charge in [-0.1, -0.05) is 42.3 Å². The summed E-state index contributed by atoms with van der Waals surface area (Å²) in [7, 11) is 0. The van der Waals surface area contributed by atoms with Crippen LogP contribution in [0.15, 0.2) is 18.2 Å². The Morgan fingerprint density at radius 1 is 1.50 bits per heavy atom. The van der Waals surface area contributed by atoms with Gasteiger partial charge in [0.25, 0.3) is 0 Å². The van der Waals surface area contributed by atoms with Gasteiger partial charge in [-0.25, -0.2) is 0 Å². The van der Waals surface area contributed by atoms with E-state index in [9.17, 15) is 4.79 Å². The van der Waals surface area contributed by atoms with Crippen LogP contribution in [0.25, 0.3) is 0 Å². The van der Waals surface area contributed by atoms with Gasteiger partial charge >= 0.3 is 5.97 Å². The van der Waals surface area contributed by atoms with Crippen LogP contribution in [-0.2, 0) is 10.2 Å². The molecule has 0 saturated carbocycles. The number of hydrogen-bond acceptors (Lipinski definition) is 2. The fraction of sp³-hybridized carbons (Fsp3) is 0.364. The minimum atomic E-state index is -0.913. The van der Waals surface area contributed by atoms with E-state index in [0.29, 0.717) is 15.6 Å². The number of carboxylic acid groups (broad SMARTS) is 1. The van der Waals surface area contributed by atoms with E-state index < -0.39 is 11.4 Å². The maximum atomic E-state index is 10.8. The van der Waals surface area contributed by atoms with Crippen molar-refractivity contribution in [1.29, 1.82) is 0 Å². The van der Waals surface area contributed by atoms with Gasteiger partial charge in [-0.15, -0.1) is 0 Å². The number of hydrogen-bond donors (Lipinski definition) is 2. The number of halogens is 2. The van der Waals surface area contributed by atoms with Crippen LogP contribution in [0, 0.1) is 0 Å². The lowest BCUT2D eigenvalue weighted by atomic mass is 9.79. The van der Waals surface area contributed by atoms with E-state index in [4.69, 9.17) is 34.0 Å². The van der Waals surface area contributed by atoms with Crippen molar-refractivity contribution >= 4 is 29.2 Å². The second-order valence-electron chi connectivity index (χ2n) is 3.94. The van der Waals surface area contributed by atoms with Crippen LogP contribution in [0.1, 0.15) is 18.9 Å². The van der Waals surface area contributed by atoms with Gasteiger partial charge in [0.05, 0.1) is 16.5 Å². The molecule has 5 heteroatoms. The topological polar surface area (TPSA) is 63.3 Å². The molecule has 0 fully saturated rings. The van der Waals surface area contributed by atoms with Gasteiger partial charge < -0.3 is 10.8 Å². The molecule has 0 aliphatic rings. The first-order valence-corrected chi connectivity index (χ1v) is 5.52. The Balaban J connectivity index is 3.22. The molecule has 0 saturated heterocycles. The molecule has 0 aliphatic heterocycles. The lowest BCUT2D eigenvalue weighted by Gasteiger charge is -2.28. The lowest BCUT2D eigenvalue weighted by molar-refractivity contribution is -0.138. The van der Waals surface area contributed by atoms with Gasteiger partial charge in [0.1, 0.15) is 0 Å². The number of nitrogens with two attached hydrogens (primary N) is 1. The minimum absolute atomic E-state index is 0.0798. The number of aliphatic carboxylic acids is 1. The largest absolute Gasteiger partial charge is 0.481 e. The molecule has 16 heavy (non-hydrogen) atoms. The van der Waals surface area contributed by atoms with Crippen molar-refractivity contribution in [2.45, 2.75) is 18.8 Å².